The zero-order valence-electron chi connectivity index (χ0n) is 19.3. The Balaban J connectivity index is 1.38. The summed E-state index contributed by atoms with van der Waals surface area (Å²) in [6.45, 7) is 1.98. The van der Waals surface area contributed by atoms with Gasteiger partial charge in [0.1, 0.15) is 11.6 Å². The number of nitrogens with two attached hydrogens (primary N) is 1. The number of halogens is 1. The zero-order valence-corrected chi connectivity index (χ0v) is 19.3. The Kier molecular flexibility index (Phi) is 5.96. The number of rotatable bonds is 5. The Morgan fingerprint density at radius 3 is 2.44 bits per heavy atom. The molecule has 174 valence electrons. The van der Waals surface area contributed by atoms with Crippen molar-refractivity contribution in [3.05, 3.63) is 111 Å². The highest BCUT2D eigenvalue weighted by atomic mass is 19.1. The third-order valence-electron chi connectivity index (χ3n) is 7.06. The van der Waals surface area contributed by atoms with Crippen LogP contribution in [0.2, 0.25) is 0 Å². The van der Waals surface area contributed by atoms with Gasteiger partial charge < -0.3 is 15.5 Å². The van der Waals surface area contributed by atoms with Crippen molar-refractivity contribution in [1.29, 1.82) is 0 Å². The molecule has 0 bridgehead atoms. The van der Waals surface area contributed by atoms with E-state index in [1.807, 2.05) is 43.5 Å². The highest BCUT2D eigenvalue weighted by Crippen LogP contribution is 2.37. The van der Waals surface area contributed by atoms with Crippen molar-refractivity contribution in [3.63, 3.8) is 0 Å². The van der Waals surface area contributed by atoms with E-state index in [-0.39, 0.29) is 17.5 Å². The molecule has 34 heavy (non-hydrogen) atoms. The first-order valence-corrected chi connectivity index (χ1v) is 11.8. The summed E-state index contributed by atoms with van der Waals surface area (Å²) in [6.07, 6.45) is 5.77. The molecular formula is C29H29FN2O2. The van der Waals surface area contributed by atoms with Gasteiger partial charge in [-0.15, -0.1) is 0 Å². The number of benzene rings is 3. The van der Waals surface area contributed by atoms with Crippen LogP contribution in [0.3, 0.4) is 0 Å². The van der Waals surface area contributed by atoms with E-state index in [0.29, 0.717) is 5.39 Å². The molecule has 1 aliphatic rings. The molecule has 1 aliphatic carbocycles. The first-order chi connectivity index (χ1) is 16.4. The predicted molar refractivity (Wildman–Crippen MR) is 134 cm³/mol. The van der Waals surface area contributed by atoms with Gasteiger partial charge in [0.2, 0.25) is 0 Å². The quantitative estimate of drug-likeness (QED) is 0.402. The van der Waals surface area contributed by atoms with Crippen LogP contribution in [0, 0.1) is 12.7 Å². The molecule has 4 aromatic rings. The molecule has 0 amide bonds. The van der Waals surface area contributed by atoms with E-state index in [1.54, 1.807) is 12.1 Å². The molecule has 3 N–H and O–H groups in total. The third-order valence-corrected chi connectivity index (χ3v) is 7.06. The molecule has 0 saturated heterocycles. The van der Waals surface area contributed by atoms with E-state index in [1.165, 1.54) is 17.7 Å². The van der Waals surface area contributed by atoms with Gasteiger partial charge in [-0.1, -0.05) is 42.5 Å². The van der Waals surface area contributed by atoms with Crippen LogP contribution in [0.5, 0.6) is 5.75 Å². The minimum atomic E-state index is -0.456. The zero-order chi connectivity index (χ0) is 23.7. The fourth-order valence-electron chi connectivity index (χ4n) is 5.01. The summed E-state index contributed by atoms with van der Waals surface area (Å²) in [7, 11) is 0. The summed E-state index contributed by atoms with van der Waals surface area (Å²) in [5.41, 5.74) is 10.3. The average molecular weight is 457 g/mol. The summed E-state index contributed by atoms with van der Waals surface area (Å²) in [5.74, 6) is 0.560. The van der Waals surface area contributed by atoms with Crippen LogP contribution >= 0.6 is 0 Å². The van der Waals surface area contributed by atoms with Crippen molar-refractivity contribution in [3.8, 4) is 5.75 Å². The summed E-state index contributed by atoms with van der Waals surface area (Å²) in [4.78, 5) is 15.4. The first-order valence-electron chi connectivity index (χ1n) is 11.8. The minimum absolute atomic E-state index is 0.0489. The summed E-state index contributed by atoms with van der Waals surface area (Å²) >= 11 is 0. The van der Waals surface area contributed by atoms with Crippen LogP contribution in [0.4, 0.5) is 4.39 Å². The molecular weight excluding hydrogens is 427 g/mol. The van der Waals surface area contributed by atoms with E-state index in [4.69, 9.17) is 10.5 Å². The van der Waals surface area contributed by atoms with Crippen molar-refractivity contribution in [2.24, 2.45) is 5.73 Å². The molecule has 0 unspecified atom stereocenters. The molecule has 0 atom stereocenters. The van der Waals surface area contributed by atoms with Crippen molar-refractivity contribution in [1.82, 2.24) is 4.98 Å². The van der Waals surface area contributed by atoms with Gasteiger partial charge in [0.15, 0.2) is 0 Å². The SMILES string of the molecule is Cc1cc2c(=O)[nH]cc(Cc3ccccc3)c2cc1OC1CCC(N)(c2ccc(F)cc2)CC1. The number of aromatic nitrogens is 1. The fourth-order valence-corrected chi connectivity index (χ4v) is 5.01. The Morgan fingerprint density at radius 2 is 1.74 bits per heavy atom. The lowest BCUT2D eigenvalue weighted by Crippen LogP contribution is -2.42. The van der Waals surface area contributed by atoms with E-state index in [9.17, 15) is 9.18 Å². The molecule has 1 fully saturated rings. The average Bonchev–Trinajstić information content (AvgIpc) is 2.84. The van der Waals surface area contributed by atoms with Crippen molar-refractivity contribution >= 4 is 10.8 Å². The van der Waals surface area contributed by atoms with Crippen molar-refractivity contribution in [2.45, 2.75) is 50.7 Å². The topological polar surface area (TPSA) is 68.1 Å². The fraction of sp³-hybridized carbons (Fsp3) is 0.276. The van der Waals surface area contributed by atoms with Crippen LogP contribution < -0.4 is 16.0 Å². The molecule has 1 heterocycles. The van der Waals surface area contributed by atoms with E-state index >= 15 is 0 Å². The smallest absolute Gasteiger partial charge is 0.255 e. The van der Waals surface area contributed by atoms with Gasteiger partial charge in [-0.25, -0.2) is 4.39 Å². The maximum Gasteiger partial charge on any atom is 0.255 e. The van der Waals surface area contributed by atoms with E-state index < -0.39 is 5.54 Å². The largest absolute Gasteiger partial charge is 0.490 e. The lowest BCUT2D eigenvalue weighted by Gasteiger charge is -2.37. The number of ether oxygens (including phenoxy) is 1. The van der Waals surface area contributed by atoms with Crippen LogP contribution in [-0.2, 0) is 12.0 Å². The molecule has 1 saturated carbocycles. The van der Waals surface area contributed by atoms with Gasteiger partial charge in [-0.3, -0.25) is 4.79 Å². The Bertz CT molecular complexity index is 1360. The highest BCUT2D eigenvalue weighted by molar-refractivity contribution is 5.87. The number of aryl methyl sites for hydroxylation is 1. The summed E-state index contributed by atoms with van der Waals surface area (Å²) < 4.78 is 19.8. The van der Waals surface area contributed by atoms with Gasteiger partial charge in [0.25, 0.3) is 5.56 Å². The van der Waals surface area contributed by atoms with E-state index in [0.717, 1.165) is 59.9 Å². The normalized spacial score (nSPS) is 20.4. The first kappa shape index (κ1) is 22.4. The Labute approximate surface area is 198 Å². The van der Waals surface area contributed by atoms with Crippen LogP contribution in [0.15, 0.2) is 77.7 Å². The van der Waals surface area contributed by atoms with Gasteiger partial charge in [-0.05, 0) is 90.9 Å². The van der Waals surface area contributed by atoms with Crippen molar-refractivity contribution in [2.75, 3.05) is 0 Å². The number of hydrogen-bond acceptors (Lipinski definition) is 3. The lowest BCUT2D eigenvalue weighted by atomic mass is 9.76. The maximum absolute atomic E-state index is 13.3. The number of nitrogens with one attached hydrogen (secondary N) is 1. The maximum atomic E-state index is 13.3. The lowest BCUT2D eigenvalue weighted by molar-refractivity contribution is 0.117. The molecule has 1 aromatic heterocycles. The second-order valence-corrected chi connectivity index (χ2v) is 9.45. The number of fused-ring (bicyclic) bond motifs is 1. The molecule has 5 rings (SSSR count). The number of pyridine rings is 1. The molecule has 3 aromatic carbocycles. The monoisotopic (exact) mass is 456 g/mol. The van der Waals surface area contributed by atoms with Crippen LogP contribution in [0.1, 0.15) is 47.9 Å². The second kappa shape index (κ2) is 9.07. The highest BCUT2D eigenvalue weighted by Gasteiger charge is 2.34. The van der Waals surface area contributed by atoms with Crippen molar-refractivity contribution < 1.29 is 9.13 Å². The Hall–Kier alpha value is -3.44. The second-order valence-electron chi connectivity index (χ2n) is 9.45. The Morgan fingerprint density at radius 1 is 1.03 bits per heavy atom. The predicted octanol–water partition coefficient (Wildman–Crippen LogP) is 5.74. The molecule has 4 nitrogen and oxygen atoms in total. The molecule has 5 heteroatoms. The third kappa shape index (κ3) is 4.48. The van der Waals surface area contributed by atoms with Crippen LogP contribution in [0.25, 0.3) is 10.8 Å². The van der Waals surface area contributed by atoms with Gasteiger partial charge in [0.05, 0.1) is 6.10 Å². The van der Waals surface area contributed by atoms with Gasteiger partial charge in [0, 0.05) is 17.1 Å². The molecule has 0 radical (unpaired) electrons. The summed E-state index contributed by atoms with van der Waals surface area (Å²) in [5, 5.41) is 1.60. The minimum Gasteiger partial charge on any atom is -0.490 e. The molecule has 0 spiro atoms. The van der Waals surface area contributed by atoms with Gasteiger partial charge >= 0.3 is 0 Å². The number of aromatic amines is 1. The molecule has 0 aliphatic heterocycles. The summed E-state index contributed by atoms with van der Waals surface area (Å²) in [6, 6.07) is 20.7. The standard InChI is InChI=1S/C29H29FN2O2/c1-19-15-26-25(21(18-32-28(26)33)16-20-5-3-2-4-6-20)17-27(19)34-24-11-13-29(31,14-12-24)22-7-9-23(30)10-8-22/h2-10,15,17-18,24H,11-14,16,31H2,1H3,(H,32,33). The van der Waals surface area contributed by atoms with Gasteiger partial charge in [-0.2, -0.15) is 0 Å². The number of H-pyrrole nitrogens is 1. The van der Waals surface area contributed by atoms with E-state index in [2.05, 4.69) is 17.1 Å². The number of hydrogen-bond donors (Lipinski definition) is 2. The van der Waals surface area contributed by atoms with Crippen LogP contribution in [-0.4, -0.2) is 11.1 Å².